The minimum atomic E-state index is -1.66. The first-order valence-electron chi connectivity index (χ1n) is 12.9. The third-order valence-electron chi connectivity index (χ3n) is 8.36. The summed E-state index contributed by atoms with van der Waals surface area (Å²) >= 11 is 0. The predicted octanol–water partition coefficient (Wildman–Crippen LogP) is 4.36. The number of carbonyl (C=O) groups is 1. The number of hydrogen-bond donors (Lipinski definition) is 2. The van der Waals surface area contributed by atoms with Crippen molar-refractivity contribution in [1.82, 2.24) is 14.9 Å². The summed E-state index contributed by atoms with van der Waals surface area (Å²) in [5.74, 6) is -0.525. The molecule has 2 atom stereocenters. The molecule has 3 aromatic rings. The van der Waals surface area contributed by atoms with E-state index in [0.717, 1.165) is 34.9 Å². The molecule has 0 fully saturated rings. The maximum Gasteiger partial charge on any atom is 0.254 e. The highest BCUT2D eigenvalue weighted by atomic mass is 19.1. The molecule has 2 N–H and O–H groups in total. The van der Waals surface area contributed by atoms with E-state index in [9.17, 15) is 19.1 Å². The zero-order valence-corrected chi connectivity index (χ0v) is 21.5. The standard InChI is InChI=1S/C29H32FN3O3/c1-6-29(36)18-11-22-26-17(13-33(22)27(35)16(18)8-10-23(29)34)25-20(32-28(3,4)5)9-7-15-14(2)19(30)12-21(31-26)24(15)25/h11-12,20,32,36H,6-10,13H2,1-5H3/t20-,29-/m0/s1. The van der Waals surface area contributed by atoms with E-state index >= 15 is 0 Å². The van der Waals surface area contributed by atoms with Gasteiger partial charge in [0.25, 0.3) is 5.56 Å². The molecule has 1 aliphatic heterocycles. The van der Waals surface area contributed by atoms with Crippen LogP contribution in [0.15, 0.2) is 16.9 Å². The number of carbonyl (C=O) groups excluding carboxylic acids is 1. The zero-order valence-electron chi connectivity index (χ0n) is 21.5. The number of ketones is 1. The lowest BCUT2D eigenvalue weighted by molar-refractivity contribution is -0.140. The lowest BCUT2D eigenvalue weighted by Gasteiger charge is -2.34. The highest BCUT2D eigenvalue weighted by Crippen LogP contribution is 2.46. The minimum absolute atomic E-state index is 0.0374. The molecule has 0 spiro atoms. The lowest BCUT2D eigenvalue weighted by atomic mass is 9.77. The Morgan fingerprint density at radius 3 is 2.61 bits per heavy atom. The molecule has 2 aliphatic carbocycles. The number of nitrogens with one attached hydrogen (secondary N) is 1. The van der Waals surface area contributed by atoms with Gasteiger partial charge in [-0.1, -0.05) is 6.92 Å². The van der Waals surface area contributed by atoms with Crippen LogP contribution in [0.4, 0.5) is 4.39 Å². The quantitative estimate of drug-likeness (QED) is 0.437. The second-order valence-electron chi connectivity index (χ2n) is 11.6. The van der Waals surface area contributed by atoms with E-state index in [-0.39, 0.29) is 41.6 Å². The van der Waals surface area contributed by atoms with Gasteiger partial charge in [-0.15, -0.1) is 0 Å². The van der Waals surface area contributed by atoms with Gasteiger partial charge in [-0.3, -0.25) is 9.59 Å². The minimum Gasteiger partial charge on any atom is -0.377 e. The van der Waals surface area contributed by atoms with Crippen molar-refractivity contribution in [2.24, 2.45) is 0 Å². The number of hydrogen-bond acceptors (Lipinski definition) is 5. The molecule has 0 saturated heterocycles. The van der Waals surface area contributed by atoms with Crippen LogP contribution in [-0.4, -0.2) is 26.0 Å². The Hall–Kier alpha value is -2.90. The van der Waals surface area contributed by atoms with E-state index in [4.69, 9.17) is 4.98 Å². The van der Waals surface area contributed by atoms with Gasteiger partial charge in [0, 0.05) is 46.1 Å². The first-order valence-corrected chi connectivity index (χ1v) is 12.9. The molecule has 0 radical (unpaired) electrons. The third kappa shape index (κ3) is 3.12. The van der Waals surface area contributed by atoms with Crippen molar-refractivity contribution in [2.45, 2.75) is 90.4 Å². The Balaban J connectivity index is 1.67. The number of halogens is 1. The van der Waals surface area contributed by atoms with Crippen LogP contribution in [-0.2, 0) is 29.8 Å². The summed E-state index contributed by atoms with van der Waals surface area (Å²) in [6, 6.07) is 3.33. The van der Waals surface area contributed by atoms with Gasteiger partial charge in [-0.05, 0) is 76.1 Å². The van der Waals surface area contributed by atoms with Crippen molar-refractivity contribution in [2.75, 3.05) is 0 Å². The molecule has 6 nitrogen and oxygen atoms in total. The summed E-state index contributed by atoms with van der Waals surface area (Å²) in [6.45, 7) is 10.4. The number of rotatable bonds is 2. The van der Waals surface area contributed by atoms with Gasteiger partial charge in [-0.25, -0.2) is 9.37 Å². The maximum absolute atomic E-state index is 15.0. The number of benzene rings is 1. The molecule has 0 bridgehead atoms. The van der Waals surface area contributed by atoms with Crippen LogP contribution in [0.25, 0.3) is 22.3 Å². The summed E-state index contributed by atoms with van der Waals surface area (Å²) in [5.41, 5.74) is 4.49. The number of nitrogens with zero attached hydrogens (tertiary/aromatic N) is 2. The van der Waals surface area contributed by atoms with Crippen molar-refractivity contribution in [3.63, 3.8) is 0 Å². The van der Waals surface area contributed by atoms with Crippen molar-refractivity contribution in [1.29, 1.82) is 0 Å². The molecule has 7 heteroatoms. The highest BCUT2D eigenvalue weighted by Gasteiger charge is 2.44. The van der Waals surface area contributed by atoms with Crippen molar-refractivity contribution in [3.05, 3.63) is 61.7 Å². The van der Waals surface area contributed by atoms with Gasteiger partial charge < -0.3 is 15.0 Å². The van der Waals surface area contributed by atoms with E-state index < -0.39 is 5.60 Å². The molecule has 0 amide bonds. The van der Waals surface area contributed by atoms with Gasteiger partial charge in [0.05, 0.1) is 23.4 Å². The Morgan fingerprint density at radius 1 is 1.17 bits per heavy atom. The molecule has 36 heavy (non-hydrogen) atoms. The lowest BCUT2D eigenvalue weighted by Crippen LogP contribution is -2.43. The van der Waals surface area contributed by atoms with E-state index in [0.29, 0.717) is 46.6 Å². The van der Waals surface area contributed by atoms with E-state index in [2.05, 4.69) is 26.1 Å². The van der Waals surface area contributed by atoms with Crippen LogP contribution in [0.2, 0.25) is 0 Å². The van der Waals surface area contributed by atoms with Gasteiger partial charge in [-0.2, -0.15) is 0 Å². The Labute approximate surface area is 209 Å². The predicted molar refractivity (Wildman–Crippen MR) is 137 cm³/mol. The summed E-state index contributed by atoms with van der Waals surface area (Å²) in [4.78, 5) is 31.3. The molecular formula is C29H32FN3O3. The van der Waals surface area contributed by atoms with Crippen LogP contribution in [0.5, 0.6) is 0 Å². The van der Waals surface area contributed by atoms with Crippen molar-refractivity contribution < 1.29 is 14.3 Å². The van der Waals surface area contributed by atoms with Crippen LogP contribution in [0.3, 0.4) is 0 Å². The second kappa shape index (κ2) is 7.56. The number of Topliss-reactive ketones (excluding diaryl/α,β-unsaturated/α-hetero) is 1. The molecule has 188 valence electrons. The maximum atomic E-state index is 15.0. The molecular weight excluding hydrogens is 457 g/mol. The summed E-state index contributed by atoms with van der Waals surface area (Å²) in [7, 11) is 0. The molecule has 3 aliphatic rings. The van der Waals surface area contributed by atoms with Crippen molar-refractivity contribution in [3.8, 4) is 11.4 Å². The van der Waals surface area contributed by atoms with Gasteiger partial charge in [0.1, 0.15) is 11.4 Å². The van der Waals surface area contributed by atoms with Gasteiger partial charge in [0.15, 0.2) is 5.78 Å². The Bertz CT molecular complexity index is 1550. The molecule has 0 unspecified atom stereocenters. The van der Waals surface area contributed by atoms with Crippen LogP contribution < -0.4 is 10.9 Å². The fourth-order valence-electron chi connectivity index (χ4n) is 6.61. The number of aryl methyl sites for hydroxylation is 1. The molecule has 0 saturated carbocycles. The first kappa shape index (κ1) is 23.5. The average molecular weight is 490 g/mol. The van der Waals surface area contributed by atoms with Gasteiger partial charge >= 0.3 is 0 Å². The molecule has 1 aromatic carbocycles. The topological polar surface area (TPSA) is 84.2 Å². The Morgan fingerprint density at radius 2 is 1.92 bits per heavy atom. The third-order valence-corrected chi connectivity index (χ3v) is 8.36. The van der Waals surface area contributed by atoms with Crippen LogP contribution in [0.1, 0.15) is 86.4 Å². The van der Waals surface area contributed by atoms with E-state index in [1.165, 1.54) is 6.07 Å². The van der Waals surface area contributed by atoms with E-state index in [1.54, 1.807) is 17.6 Å². The summed E-state index contributed by atoms with van der Waals surface area (Å²) in [5, 5.41) is 16.0. The number of fused-ring (bicyclic) bond motifs is 5. The fourth-order valence-corrected chi connectivity index (χ4v) is 6.61. The SMILES string of the molecule is CC[C@@]1(O)C(=O)CCc2c1cc1n(c2=O)Cc2c-1nc1cc(F)c(C)c3c1c2[C@@H](NC(C)(C)C)CC3. The van der Waals surface area contributed by atoms with E-state index in [1.807, 2.05) is 6.92 Å². The van der Waals surface area contributed by atoms with Crippen molar-refractivity contribution >= 4 is 16.7 Å². The first-order chi connectivity index (χ1) is 16.9. The number of pyridine rings is 2. The molecule has 6 rings (SSSR count). The normalized spacial score (nSPS) is 22.5. The molecule has 3 heterocycles. The highest BCUT2D eigenvalue weighted by molar-refractivity contribution is 5.94. The summed E-state index contributed by atoms with van der Waals surface area (Å²) in [6.07, 6.45) is 2.28. The zero-order chi connectivity index (χ0) is 25.7. The Kier molecular flexibility index (Phi) is 4.93. The molecule has 2 aromatic heterocycles. The monoisotopic (exact) mass is 489 g/mol. The van der Waals surface area contributed by atoms with Crippen LogP contribution >= 0.6 is 0 Å². The number of aliphatic hydroxyl groups is 1. The summed E-state index contributed by atoms with van der Waals surface area (Å²) < 4.78 is 16.7. The van der Waals surface area contributed by atoms with Crippen LogP contribution in [0, 0.1) is 12.7 Å². The largest absolute Gasteiger partial charge is 0.377 e. The number of aromatic nitrogens is 2. The second-order valence-corrected chi connectivity index (χ2v) is 11.6. The van der Waals surface area contributed by atoms with Gasteiger partial charge in [0.2, 0.25) is 0 Å². The average Bonchev–Trinajstić information content (AvgIpc) is 3.18. The smallest absolute Gasteiger partial charge is 0.254 e. The fraction of sp³-hybridized carbons (Fsp3) is 0.483.